The highest BCUT2D eigenvalue weighted by Crippen LogP contribution is 2.19. The minimum absolute atomic E-state index is 0.0665. The van der Waals surface area contributed by atoms with Gasteiger partial charge in [-0.15, -0.1) is 10.2 Å². The molecule has 1 amide bonds. The Bertz CT molecular complexity index is 841. The van der Waals surface area contributed by atoms with E-state index in [0.717, 1.165) is 22.4 Å². The normalized spacial score (nSPS) is 10.6. The summed E-state index contributed by atoms with van der Waals surface area (Å²) in [5.41, 5.74) is 3.94. The first kappa shape index (κ1) is 15.9. The highest BCUT2D eigenvalue weighted by atomic mass is 16.4. The second kappa shape index (κ2) is 7.08. The number of nitrogens with zero attached hydrogens (tertiary/aromatic N) is 2. The van der Waals surface area contributed by atoms with Crippen LogP contribution in [-0.4, -0.2) is 16.1 Å². The summed E-state index contributed by atoms with van der Waals surface area (Å²) < 4.78 is 5.61. The van der Waals surface area contributed by atoms with Crippen LogP contribution in [0.5, 0.6) is 0 Å². The van der Waals surface area contributed by atoms with Gasteiger partial charge in [0.2, 0.25) is 17.7 Å². The molecule has 2 aromatic carbocycles. The van der Waals surface area contributed by atoms with Gasteiger partial charge in [0.15, 0.2) is 0 Å². The van der Waals surface area contributed by atoms with Gasteiger partial charge in [0, 0.05) is 24.1 Å². The first-order valence-corrected chi connectivity index (χ1v) is 7.87. The van der Waals surface area contributed by atoms with Gasteiger partial charge in [0.1, 0.15) is 0 Å². The third kappa shape index (κ3) is 3.68. The predicted octanol–water partition coefficient (Wildman–Crippen LogP) is 3.92. The molecule has 1 aromatic heterocycles. The Hall–Kier alpha value is -2.95. The molecule has 0 aliphatic heterocycles. The second-order valence-corrected chi connectivity index (χ2v) is 5.66. The zero-order valence-electron chi connectivity index (χ0n) is 13.7. The fourth-order valence-electron chi connectivity index (χ4n) is 2.37. The maximum Gasteiger partial charge on any atom is 0.247 e. The molecule has 24 heavy (non-hydrogen) atoms. The van der Waals surface area contributed by atoms with E-state index in [-0.39, 0.29) is 5.91 Å². The number of hydrogen-bond acceptors (Lipinski definition) is 4. The molecule has 0 aliphatic rings. The summed E-state index contributed by atoms with van der Waals surface area (Å²) in [7, 11) is 0. The maximum absolute atomic E-state index is 12.1. The first-order chi connectivity index (χ1) is 11.6. The van der Waals surface area contributed by atoms with E-state index >= 15 is 0 Å². The predicted molar refractivity (Wildman–Crippen MR) is 92.6 cm³/mol. The number of aryl methyl sites for hydroxylation is 2. The van der Waals surface area contributed by atoms with E-state index in [9.17, 15) is 4.79 Å². The third-order valence-corrected chi connectivity index (χ3v) is 3.93. The molecule has 1 heterocycles. The van der Waals surface area contributed by atoms with Gasteiger partial charge in [-0.2, -0.15) is 0 Å². The van der Waals surface area contributed by atoms with E-state index in [2.05, 4.69) is 15.5 Å². The summed E-state index contributed by atoms with van der Waals surface area (Å²) in [5.74, 6) is 0.869. The lowest BCUT2D eigenvalue weighted by atomic mass is 10.1. The van der Waals surface area contributed by atoms with Crippen LogP contribution in [0.25, 0.3) is 11.5 Å². The highest BCUT2D eigenvalue weighted by molar-refractivity contribution is 5.91. The van der Waals surface area contributed by atoms with Crippen LogP contribution in [0.1, 0.15) is 23.4 Å². The summed E-state index contributed by atoms with van der Waals surface area (Å²) in [6.07, 6.45) is 0.709. The SMILES string of the molecule is Cc1cccc(NC(=O)CCc2nnc(-c3ccccc3)o2)c1C. The molecule has 0 bridgehead atoms. The monoisotopic (exact) mass is 321 g/mol. The van der Waals surface area contributed by atoms with Crippen LogP contribution in [0.3, 0.4) is 0 Å². The third-order valence-electron chi connectivity index (χ3n) is 3.93. The van der Waals surface area contributed by atoms with Gasteiger partial charge in [-0.3, -0.25) is 4.79 Å². The summed E-state index contributed by atoms with van der Waals surface area (Å²) in [4.78, 5) is 12.1. The van der Waals surface area contributed by atoms with Crippen LogP contribution >= 0.6 is 0 Å². The number of nitrogens with one attached hydrogen (secondary N) is 1. The topological polar surface area (TPSA) is 68.0 Å². The molecule has 122 valence electrons. The van der Waals surface area contributed by atoms with Crippen molar-refractivity contribution < 1.29 is 9.21 Å². The van der Waals surface area contributed by atoms with Crippen molar-refractivity contribution >= 4 is 11.6 Å². The van der Waals surface area contributed by atoms with E-state index in [4.69, 9.17) is 4.42 Å². The Morgan fingerprint density at radius 2 is 1.83 bits per heavy atom. The number of amides is 1. The molecule has 0 fully saturated rings. The molecule has 3 rings (SSSR count). The largest absolute Gasteiger partial charge is 0.421 e. The highest BCUT2D eigenvalue weighted by Gasteiger charge is 2.11. The van der Waals surface area contributed by atoms with Crippen molar-refractivity contribution in [2.45, 2.75) is 26.7 Å². The van der Waals surface area contributed by atoms with Crippen LogP contribution < -0.4 is 5.32 Å². The number of carbonyl (C=O) groups is 1. The standard InChI is InChI=1S/C19H19N3O2/c1-13-7-6-10-16(14(13)2)20-17(23)11-12-18-21-22-19(24-18)15-8-4-3-5-9-15/h3-10H,11-12H2,1-2H3,(H,20,23). The van der Waals surface area contributed by atoms with Crippen LogP contribution in [0, 0.1) is 13.8 Å². The van der Waals surface area contributed by atoms with Gasteiger partial charge < -0.3 is 9.73 Å². The Balaban J connectivity index is 1.59. The van der Waals surface area contributed by atoms with Gasteiger partial charge in [-0.25, -0.2) is 0 Å². The van der Waals surface area contributed by atoms with Gasteiger partial charge in [0.25, 0.3) is 0 Å². The van der Waals surface area contributed by atoms with Crippen LogP contribution in [0.2, 0.25) is 0 Å². The van der Waals surface area contributed by atoms with Crippen molar-refractivity contribution in [3.8, 4) is 11.5 Å². The summed E-state index contributed by atoms with van der Waals surface area (Å²) in [6, 6.07) is 15.4. The lowest BCUT2D eigenvalue weighted by Crippen LogP contribution is -2.13. The zero-order valence-corrected chi connectivity index (χ0v) is 13.7. The minimum Gasteiger partial charge on any atom is -0.421 e. The molecule has 0 spiro atoms. The Labute approximate surface area is 140 Å². The summed E-state index contributed by atoms with van der Waals surface area (Å²) in [6.45, 7) is 4.02. The van der Waals surface area contributed by atoms with Gasteiger partial charge in [-0.05, 0) is 43.2 Å². The molecule has 0 radical (unpaired) electrons. The fraction of sp³-hybridized carbons (Fsp3) is 0.211. The summed E-state index contributed by atoms with van der Waals surface area (Å²) >= 11 is 0. The smallest absolute Gasteiger partial charge is 0.247 e. The average molecular weight is 321 g/mol. The molecule has 3 aromatic rings. The number of aromatic nitrogens is 2. The van der Waals surface area contributed by atoms with Gasteiger partial charge in [-0.1, -0.05) is 30.3 Å². The molecule has 5 nitrogen and oxygen atoms in total. The van der Waals surface area contributed by atoms with Crippen LogP contribution in [-0.2, 0) is 11.2 Å². The number of rotatable bonds is 5. The van der Waals surface area contributed by atoms with Crippen molar-refractivity contribution in [2.24, 2.45) is 0 Å². The Morgan fingerprint density at radius 3 is 2.62 bits per heavy atom. The van der Waals surface area contributed by atoms with E-state index in [1.165, 1.54) is 0 Å². The number of carbonyl (C=O) groups excluding carboxylic acids is 1. The molecule has 0 aliphatic carbocycles. The Morgan fingerprint density at radius 1 is 1.04 bits per heavy atom. The number of hydrogen-bond donors (Lipinski definition) is 1. The van der Waals surface area contributed by atoms with Crippen molar-refractivity contribution in [3.05, 3.63) is 65.5 Å². The number of anilines is 1. The quantitative estimate of drug-likeness (QED) is 0.773. The van der Waals surface area contributed by atoms with Crippen molar-refractivity contribution in [1.29, 1.82) is 0 Å². The average Bonchev–Trinajstić information content (AvgIpc) is 3.07. The van der Waals surface area contributed by atoms with Crippen LogP contribution in [0.15, 0.2) is 52.9 Å². The molecule has 0 unspecified atom stereocenters. The summed E-state index contributed by atoms with van der Waals surface area (Å²) in [5, 5.41) is 11.0. The molecule has 1 N–H and O–H groups in total. The molecule has 0 saturated heterocycles. The van der Waals surface area contributed by atoms with Gasteiger partial charge >= 0.3 is 0 Å². The Kier molecular flexibility index (Phi) is 4.70. The maximum atomic E-state index is 12.1. The second-order valence-electron chi connectivity index (χ2n) is 5.66. The molecular formula is C19H19N3O2. The fourth-order valence-corrected chi connectivity index (χ4v) is 2.37. The number of benzene rings is 2. The van der Waals surface area contributed by atoms with Crippen molar-refractivity contribution in [1.82, 2.24) is 10.2 Å². The van der Waals surface area contributed by atoms with Gasteiger partial charge in [0.05, 0.1) is 0 Å². The minimum atomic E-state index is -0.0665. The molecule has 0 saturated carbocycles. The van der Waals surface area contributed by atoms with E-state index < -0.39 is 0 Å². The van der Waals surface area contributed by atoms with E-state index in [1.807, 2.05) is 62.4 Å². The molecule has 0 atom stereocenters. The lowest BCUT2D eigenvalue weighted by Gasteiger charge is -2.09. The lowest BCUT2D eigenvalue weighted by molar-refractivity contribution is -0.116. The molecular weight excluding hydrogens is 302 g/mol. The van der Waals surface area contributed by atoms with E-state index in [1.54, 1.807) is 0 Å². The first-order valence-electron chi connectivity index (χ1n) is 7.87. The van der Waals surface area contributed by atoms with Crippen molar-refractivity contribution in [3.63, 3.8) is 0 Å². The van der Waals surface area contributed by atoms with Crippen LogP contribution in [0.4, 0.5) is 5.69 Å². The zero-order chi connectivity index (χ0) is 16.9. The van der Waals surface area contributed by atoms with E-state index in [0.29, 0.717) is 24.6 Å². The van der Waals surface area contributed by atoms with Crippen molar-refractivity contribution in [2.75, 3.05) is 5.32 Å². The molecule has 5 heteroatoms.